The summed E-state index contributed by atoms with van der Waals surface area (Å²) in [7, 11) is 0. The molecule has 0 unspecified atom stereocenters. The molecular weight excluding hydrogens is 362 g/mol. The maximum atomic E-state index is 13.4. The Morgan fingerprint density at radius 2 is 1.46 bits per heavy atom. The molecule has 0 spiro atoms. The van der Waals surface area contributed by atoms with Crippen LogP contribution in [-0.4, -0.2) is 47.8 Å². The van der Waals surface area contributed by atoms with Gasteiger partial charge in [-0.3, -0.25) is 9.59 Å². The molecule has 1 aliphatic carbocycles. The van der Waals surface area contributed by atoms with Gasteiger partial charge in [0.05, 0.1) is 5.41 Å². The van der Waals surface area contributed by atoms with Crippen molar-refractivity contribution in [1.82, 2.24) is 9.80 Å². The Bertz CT molecular complexity index is 889. The van der Waals surface area contributed by atoms with Crippen LogP contribution in [0.15, 0.2) is 48.5 Å². The van der Waals surface area contributed by atoms with Gasteiger partial charge in [0, 0.05) is 31.7 Å². The van der Waals surface area contributed by atoms with Gasteiger partial charge in [-0.2, -0.15) is 0 Å². The quantitative estimate of drug-likeness (QED) is 0.814. The van der Waals surface area contributed by atoms with Crippen molar-refractivity contribution < 1.29 is 18.4 Å². The van der Waals surface area contributed by atoms with E-state index in [1.165, 1.54) is 6.07 Å². The zero-order valence-corrected chi connectivity index (χ0v) is 15.5. The van der Waals surface area contributed by atoms with E-state index in [-0.39, 0.29) is 17.4 Å². The minimum absolute atomic E-state index is 0.124. The average Bonchev–Trinajstić information content (AvgIpc) is 2.69. The lowest BCUT2D eigenvalue weighted by Gasteiger charge is -2.46. The number of rotatable bonds is 3. The third kappa shape index (κ3) is 3.17. The Kier molecular flexibility index (Phi) is 4.87. The van der Waals surface area contributed by atoms with Crippen LogP contribution in [0.4, 0.5) is 8.78 Å². The third-order valence-electron chi connectivity index (χ3n) is 5.96. The zero-order valence-electron chi connectivity index (χ0n) is 15.5. The molecular formula is C22H22F2N2O2. The van der Waals surface area contributed by atoms with E-state index in [1.54, 1.807) is 4.90 Å². The minimum atomic E-state index is -1.03. The van der Waals surface area contributed by atoms with Gasteiger partial charge in [0.25, 0.3) is 5.91 Å². The van der Waals surface area contributed by atoms with Crippen molar-refractivity contribution in [3.05, 3.63) is 71.3 Å². The number of nitrogens with zero attached hydrogens (tertiary/aromatic N) is 2. The highest BCUT2D eigenvalue weighted by Gasteiger charge is 2.48. The summed E-state index contributed by atoms with van der Waals surface area (Å²) in [6, 6.07) is 13.1. The van der Waals surface area contributed by atoms with E-state index >= 15 is 0 Å². The first-order valence-electron chi connectivity index (χ1n) is 9.60. The van der Waals surface area contributed by atoms with E-state index in [0.29, 0.717) is 26.2 Å². The van der Waals surface area contributed by atoms with Gasteiger partial charge < -0.3 is 9.80 Å². The normalized spacial score (nSPS) is 18.5. The van der Waals surface area contributed by atoms with Crippen molar-refractivity contribution in [2.45, 2.75) is 24.7 Å². The Labute approximate surface area is 162 Å². The second-order valence-corrected chi connectivity index (χ2v) is 7.51. The molecule has 2 aromatic rings. The summed E-state index contributed by atoms with van der Waals surface area (Å²) in [4.78, 5) is 29.2. The maximum absolute atomic E-state index is 13.4. The van der Waals surface area contributed by atoms with Crippen molar-refractivity contribution >= 4 is 11.8 Å². The van der Waals surface area contributed by atoms with Gasteiger partial charge in [0.1, 0.15) is 0 Å². The fourth-order valence-electron chi connectivity index (χ4n) is 4.14. The molecule has 2 aromatic carbocycles. The fraction of sp³-hybridized carbons (Fsp3) is 0.364. The van der Waals surface area contributed by atoms with Crippen molar-refractivity contribution in [3.8, 4) is 0 Å². The number of piperazine rings is 1. The lowest BCUT2D eigenvalue weighted by molar-refractivity contribution is -0.142. The van der Waals surface area contributed by atoms with E-state index in [9.17, 15) is 18.4 Å². The summed E-state index contributed by atoms with van der Waals surface area (Å²) >= 11 is 0. The van der Waals surface area contributed by atoms with E-state index in [1.807, 2.05) is 35.2 Å². The predicted molar refractivity (Wildman–Crippen MR) is 101 cm³/mol. The van der Waals surface area contributed by atoms with Gasteiger partial charge in [-0.05, 0) is 36.6 Å². The molecule has 2 aliphatic rings. The molecule has 0 bridgehead atoms. The van der Waals surface area contributed by atoms with Crippen LogP contribution in [0.1, 0.15) is 35.2 Å². The van der Waals surface area contributed by atoms with Gasteiger partial charge in [0.2, 0.25) is 5.91 Å². The zero-order chi connectivity index (χ0) is 19.7. The minimum Gasteiger partial charge on any atom is -0.338 e. The van der Waals surface area contributed by atoms with Gasteiger partial charge >= 0.3 is 0 Å². The second-order valence-electron chi connectivity index (χ2n) is 7.51. The molecule has 1 saturated heterocycles. The predicted octanol–water partition coefficient (Wildman–Crippen LogP) is 3.37. The molecule has 0 aromatic heterocycles. The Morgan fingerprint density at radius 1 is 0.821 bits per heavy atom. The molecule has 2 amide bonds. The molecule has 146 valence electrons. The Morgan fingerprint density at radius 3 is 2.04 bits per heavy atom. The molecule has 1 heterocycles. The summed E-state index contributed by atoms with van der Waals surface area (Å²) in [5.74, 6) is -2.22. The summed E-state index contributed by atoms with van der Waals surface area (Å²) in [6.07, 6.45) is 2.74. The first kappa shape index (κ1) is 18.6. The summed E-state index contributed by atoms with van der Waals surface area (Å²) in [6.45, 7) is 1.66. The van der Waals surface area contributed by atoms with Crippen LogP contribution in [0.3, 0.4) is 0 Å². The van der Waals surface area contributed by atoms with Gasteiger partial charge in [0.15, 0.2) is 11.6 Å². The standard InChI is InChI=1S/C22H22F2N2O2/c23-18-8-7-16(15-19(18)24)20(27)25-11-13-26(14-12-25)21(28)22(9-4-10-22)17-5-2-1-3-6-17/h1-3,5-8,15H,4,9-14H2. The third-order valence-corrected chi connectivity index (χ3v) is 5.96. The molecule has 1 saturated carbocycles. The highest BCUT2D eigenvalue weighted by molar-refractivity contribution is 5.94. The number of carbonyl (C=O) groups is 2. The van der Waals surface area contributed by atoms with E-state index in [4.69, 9.17) is 0 Å². The smallest absolute Gasteiger partial charge is 0.254 e. The summed E-state index contributed by atoms with van der Waals surface area (Å²) < 4.78 is 26.5. The molecule has 0 N–H and O–H groups in total. The van der Waals surface area contributed by atoms with Crippen LogP contribution >= 0.6 is 0 Å². The van der Waals surface area contributed by atoms with Crippen LogP contribution < -0.4 is 0 Å². The first-order chi connectivity index (χ1) is 13.5. The molecule has 4 rings (SSSR count). The number of halogens is 2. The van der Waals surface area contributed by atoms with Gasteiger partial charge in [-0.25, -0.2) is 8.78 Å². The van der Waals surface area contributed by atoms with E-state index in [0.717, 1.165) is 37.0 Å². The molecule has 6 heteroatoms. The highest BCUT2D eigenvalue weighted by Crippen LogP contribution is 2.45. The molecule has 0 atom stereocenters. The molecule has 28 heavy (non-hydrogen) atoms. The summed E-state index contributed by atoms with van der Waals surface area (Å²) in [5.41, 5.74) is 0.748. The molecule has 2 fully saturated rings. The van der Waals surface area contributed by atoms with Crippen LogP contribution in [0.2, 0.25) is 0 Å². The first-order valence-corrected chi connectivity index (χ1v) is 9.60. The molecule has 0 radical (unpaired) electrons. The Hall–Kier alpha value is -2.76. The average molecular weight is 384 g/mol. The van der Waals surface area contributed by atoms with E-state index < -0.39 is 17.0 Å². The van der Waals surface area contributed by atoms with Crippen LogP contribution in [0.5, 0.6) is 0 Å². The second kappa shape index (κ2) is 7.34. The maximum Gasteiger partial charge on any atom is 0.254 e. The number of carbonyl (C=O) groups excluding carboxylic acids is 2. The number of hydrogen-bond acceptors (Lipinski definition) is 2. The fourth-order valence-corrected chi connectivity index (χ4v) is 4.14. The number of hydrogen-bond donors (Lipinski definition) is 0. The van der Waals surface area contributed by atoms with Crippen LogP contribution in [-0.2, 0) is 10.2 Å². The van der Waals surface area contributed by atoms with Crippen molar-refractivity contribution in [2.75, 3.05) is 26.2 Å². The largest absolute Gasteiger partial charge is 0.338 e. The number of amides is 2. The van der Waals surface area contributed by atoms with Gasteiger partial charge in [-0.15, -0.1) is 0 Å². The molecule has 1 aliphatic heterocycles. The Balaban J connectivity index is 1.43. The number of benzene rings is 2. The van der Waals surface area contributed by atoms with Gasteiger partial charge in [-0.1, -0.05) is 36.8 Å². The monoisotopic (exact) mass is 384 g/mol. The van der Waals surface area contributed by atoms with Crippen molar-refractivity contribution in [2.24, 2.45) is 0 Å². The molecule has 4 nitrogen and oxygen atoms in total. The highest BCUT2D eigenvalue weighted by atomic mass is 19.2. The van der Waals surface area contributed by atoms with Crippen LogP contribution in [0, 0.1) is 11.6 Å². The topological polar surface area (TPSA) is 40.6 Å². The van der Waals surface area contributed by atoms with Crippen molar-refractivity contribution in [3.63, 3.8) is 0 Å². The van der Waals surface area contributed by atoms with Crippen LogP contribution in [0.25, 0.3) is 0 Å². The SMILES string of the molecule is O=C(c1ccc(F)c(F)c1)N1CCN(C(=O)C2(c3ccccc3)CCC2)CC1. The summed E-state index contributed by atoms with van der Waals surface area (Å²) in [5, 5.41) is 0. The lowest BCUT2D eigenvalue weighted by atomic mass is 9.63. The van der Waals surface area contributed by atoms with Crippen molar-refractivity contribution in [1.29, 1.82) is 0 Å². The van der Waals surface area contributed by atoms with E-state index in [2.05, 4.69) is 0 Å². The lowest BCUT2D eigenvalue weighted by Crippen LogP contribution is -2.57.